The topological polar surface area (TPSA) is 49.9 Å². The molecule has 1 saturated heterocycles. The summed E-state index contributed by atoms with van der Waals surface area (Å²) in [5.41, 5.74) is 1.71. The summed E-state index contributed by atoms with van der Waals surface area (Å²) in [7, 11) is 1.63. The lowest BCUT2D eigenvalue weighted by Gasteiger charge is -2.35. The first kappa shape index (κ1) is 19.2. The van der Waals surface area contributed by atoms with Gasteiger partial charge in [0.25, 0.3) is 5.91 Å². The summed E-state index contributed by atoms with van der Waals surface area (Å²) in [6.45, 7) is 2.23. The second-order valence-corrected chi connectivity index (χ2v) is 6.97. The predicted molar refractivity (Wildman–Crippen MR) is 105 cm³/mol. The number of aryl methyl sites for hydroxylation is 1. The van der Waals surface area contributed by atoms with Crippen LogP contribution in [0, 0.1) is 0 Å². The molecule has 0 atom stereocenters. The Balaban J connectivity index is 1.48. The van der Waals surface area contributed by atoms with E-state index in [1.807, 2.05) is 29.2 Å². The molecular formula is C21H23ClN2O3. The minimum absolute atomic E-state index is 0.0184. The lowest BCUT2D eigenvalue weighted by Crippen LogP contribution is -2.50. The Labute approximate surface area is 164 Å². The van der Waals surface area contributed by atoms with Crippen molar-refractivity contribution in [1.82, 2.24) is 9.80 Å². The van der Waals surface area contributed by atoms with Crippen LogP contribution >= 0.6 is 11.6 Å². The molecule has 2 aromatic carbocycles. The van der Waals surface area contributed by atoms with Gasteiger partial charge in [-0.25, -0.2) is 0 Å². The maximum absolute atomic E-state index is 12.5. The van der Waals surface area contributed by atoms with Crippen molar-refractivity contribution in [3.8, 4) is 5.75 Å². The van der Waals surface area contributed by atoms with Crippen molar-refractivity contribution < 1.29 is 14.3 Å². The van der Waals surface area contributed by atoms with Crippen LogP contribution in [0.15, 0.2) is 48.5 Å². The minimum atomic E-state index is -0.0184. The summed E-state index contributed by atoms with van der Waals surface area (Å²) in [4.78, 5) is 28.6. The maximum Gasteiger partial charge on any atom is 0.253 e. The molecule has 0 spiro atoms. The van der Waals surface area contributed by atoms with E-state index in [4.69, 9.17) is 16.3 Å². The van der Waals surface area contributed by atoms with Gasteiger partial charge < -0.3 is 14.5 Å². The fourth-order valence-corrected chi connectivity index (χ4v) is 3.30. The van der Waals surface area contributed by atoms with Crippen LogP contribution in [0.4, 0.5) is 0 Å². The standard InChI is InChI=1S/C21H23ClN2O3/c1-27-19-4-2-3-16(15-19)5-10-20(25)23-11-13-24(14-12-23)21(26)17-6-8-18(22)9-7-17/h2-4,6-9,15H,5,10-14H2,1H3. The Morgan fingerprint density at radius 2 is 1.67 bits per heavy atom. The fraction of sp³-hybridized carbons (Fsp3) is 0.333. The molecule has 6 heteroatoms. The number of benzene rings is 2. The highest BCUT2D eigenvalue weighted by Crippen LogP contribution is 2.16. The van der Waals surface area contributed by atoms with E-state index in [-0.39, 0.29) is 11.8 Å². The van der Waals surface area contributed by atoms with Gasteiger partial charge in [0.05, 0.1) is 7.11 Å². The van der Waals surface area contributed by atoms with Gasteiger partial charge in [-0.2, -0.15) is 0 Å². The van der Waals surface area contributed by atoms with Gasteiger partial charge in [-0.3, -0.25) is 9.59 Å². The zero-order chi connectivity index (χ0) is 19.2. The van der Waals surface area contributed by atoms with E-state index >= 15 is 0 Å². The molecule has 5 nitrogen and oxygen atoms in total. The first-order valence-electron chi connectivity index (χ1n) is 9.02. The number of methoxy groups -OCH3 is 1. The van der Waals surface area contributed by atoms with Crippen LogP contribution in [0.2, 0.25) is 5.02 Å². The van der Waals surface area contributed by atoms with Crippen LogP contribution in [-0.2, 0) is 11.2 Å². The van der Waals surface area contributed by atoms with Crippen molar-refractivity contribution in [2.75, 3.05) is 33.3 Å². The number of carbonyl (C=O) groups excluding carboxylic acids is 2. The van der Waals surface area contributed by atoms with Crippen molar-refractivity contribution in [2.45, 2.75) is 12.8 Å². The number of rotatable bonds is 5. The number of hydrogen-bond acceptors (Lipinski definition) is 3. The monoisotopic (exact) mass is 386 g/mol. The Kier molecular flexibility index (Phi) is 6.35. The van der Waals surface area contributed by atoms with E-state index < -0.39 is 0 Å². The molecule has 0 aromatic heterocycles. The van der Waals surface area contributed by atoms with Crippen molar-refractivity contribution in [3.63, 3.8) is 0 Å². The predicted octanol–water partition coefficient (Wildman–Crippen LogP) is 3.27. The molecule has 0 radical (unpaired) electrons. The van der Waals surface area contributed by atoms with Crippen molar-refractivity contribution in [1.29, 1.82) is 0 Å². The molecule has 2 aromatic rings. The average molecular weight is 387 g/mol. The van der Waals surface area contributed by atoms with Crippen LogP contribution in [-0.4, -0.2) is 54.9 Å². The Morgan fingerprint density at radius 3 is 2.33 bits per heavy atom. The van der Waals surface area contributed by atoms with Crippen LogP contribution in [0.3, 0.4) is 0 Å². The van der Waals surface area contributed by atoms with Gasteiger partial charge in [-0.15, -0.1) is 0 Å². The summed E-state index contributed by atoms with van der Waals surface area (Å²) >= 11 is 5.87. The Morgan fingerprint density at radius 1 is 1.00 bits per heavy atom. The first-order valence-corrected chi connectivity index (χ1v) is 9.40. The third-order valence-corrected chi connectivity index (χ3v) is 5.02. The van der Waals surface area contributed by atoms with E-state index in [2.05, 4.69) is 0 Å². The molecule has 0 bridgehead atoms. The van der Waals surface area contributed by atoms with Gasteiger partial charge in [0.2, 0.25) is 5.91 Å². The van der Waals surface area contributed by atoms with E-state index in [0.29, 0.717) is 49.6 Å². The van der Waals surface area contributed by atoms with Crippen LogP contribution < -0.4 is 4.74 Å². The Bertz CT molecular complexity index is 799. The van der Waals surface area contributed by atoms with Gasteiger partial charge in [0, 0.05) is 43.2 Å². The summed E-state index contributed by atoms with van der Waals surface area (Å²) in [6.07, 6.45) is 1.14. The summed E-state index contributed by atoms with van der Waals surface area (Å²) in [5, 5.41) is 0.609. The molecule has 0 saturated carbocycles. The molecular weight excluding hydrogens is 364 g/mol. The summed E-state index contributed by atoms with van der Waals surface area (Å²) in [6, 6.07) is 14.7. The van der Waals surface area contributed by atoms with E-state index in [1.54, 1.807) is 36.3 Å². The molecule has 142 valence electrons. The molecule has 0 N–H and O–H groups in total. The quantitative estimate of drug-likeness (QED) is 0.792. The molecule has 2 amide bonds. The smallest absolute Gasteiger partial charge is 0.253 e. The van der Waals surface area contributed by atoms with Crippen molar-refractivity contribution in [3.05, 3.63) is 64.7 Å². The fourth-order valence-electron chi connectivity index (χ4n) is 3.17. The van der Waals surface area contributed by atoms with Gasteiger partial charge in [0.1, 0.15) is 5.75 Å². The number of amides is 2. The molecule has 0 unspecified atom stereocenters. The third-order valence-electron chi connectivity index (χ3n) is 4.77. The van der Waals surface area contributed by atoms with E-state index in [0.717, 1.165) is 11.3 Å². The number of nitrogens with zero attached hydrogens (tertiary/aromatic N) is 2. The zero-order valence-electron chi connectivity index (χ0n) is 15.4. The number of piperazine rings is 1. The normalized spacial score (nSPS) is 14.1. The van der Waals surface area contributed by atoms with Gasteiger partial charge in [0.15, 0.2) is 0 Å². The average Bonchev–Trinajstić information content (AvgIpc) is 2.72. The van der Waals surface area contributed by atoms with Crippen LogP contribution in [0.25, 0.3) is 0 Å². The SMILES string of the molecule is COc1cccc(CCC(=O)N2CCN(C(=O)c3ccc(Cl)cc3)CC2)c1. The van der Waals surface area contributed by atoms with Gasteiger partial charge >= 0.3 is 0 Å². The molecule has 1 fully saturated rings. The summed E-state index contributed by atoms with van der Waals surface area (Å²) in [5.74, 6) is 0.904. The number of carbonyl (C=O) groups is 2. The summed E-state index contributed by atoms with van der Waals surface area (Å²) < 4.78 is 5.22. The lowest BCUT2D eigenvalue weighted by molar-refractivity contribution is -0.132. The lowest BCUT2D eigenvalue weighted by atomic mass is 10.1. The number of ether oxygens (including phenoxy) is 1. The second kappa shape index (κ2) is 8.91. The molecule has 1 heterocycles. The highest BCUT2D eigenvalue weighted by Gasteiger charge is 2.24. The van der Waals surface area contributed by atoms with Gasteiger partial charge in [-0.1, -0.05) is 23.7 Å². The third kappa shape index (κ3) is 5.01. The molecule has 3 rings (SSSR count). The van der Waals surface area contributed by atoms with Crippen LogP contribution in [0.5, 0.6) is 5.75 Å². The van der Waals surface area contributed by atoms with Gasteiger partial charge in [-0.05, 0) is 48.4 Å². The first-order chi connectivity index (χ1) is 13.1. The minimum Gasteiger partial charge on any atom is -0.497 e. The molecule has 1 aliphatic heterocycles. The molecule has 0 aliphatic carbocycles. The van der Waals surface area contributed by atoms with Crippen LogP contribution in [0.1, 0.15) is 22.3 Å². The van der Waals surface area contributed by atoms with E-state index in [9.17, 15) is 9.59 Å². The molecule has 1 aliphatic rings. The highest BCUT2D eigenvalue weighted by molar-refractivity contribution is 6.30. The van der Waals surface area contributed by atoms with Crippen molar-refractivity contribution >= 4 is 23.4 Å². The van der Waals surface area contributed by atoms with Crippen molar-refractivity contribution in [2.24, 2.45) is 0 Å². The maximum atomic E-state index is 12.5. The number of halogens is 1. The zero-order valence-corrected chi connectivity index (χ0v) is 16.1. The van der Waals surface area contributed by atoms with E-state index in [1.165, 1.54) is 0 Å². The second-order valence-electron chi connectivity index (χ2n) is 6.53. The highest BCUT2D eigenvalue weighted by atomic mass is 35.5. The number of hydrogen-bond donors (Lipinski definition) is 0. The largest absolute Gasteiger partial charge is 0.497 e. The molecule has 27 heavy (non-hydrogen) atoms. The Hall–Kier alpha value is -2.53.